The van der Waals surface area contributed by atoms with Gasteiger partial charge in [0.15, 0.2) is 0 Å². The van der Waals surface area contributed by atoms with Crippen LogP contribution in [0, 0.1) is 0 Å². The number of carbonyl (C=O) groups is 2. The largest absolute Gasteiger partial charge is 0.481 e. The summed E-state index contributed by atoms with van der Waals surface area (Å²) in [6.45, 7) is 7.72. The van der Waals surface area contributed by atoms with Crippen LogP contribution in [0.4, 0.5) is 0 Å². The number of hydrogen-bond donors (Lipinski definition) is 2. The van der Waals surface area contributed by atoms with Crippen molar-refractivity contribution < 1.29 is 24.5 Å². The SMILES string of the molecule is C=C(C)C(=O)O.CCOCCCC(=O)O.Clc1ccc(Cl)c(Cl)c1Cl. The van der Waals surface area contributed by atoms with E-state index < -0.39 is 11.9 Å². The maximum absolute atomic E-state index is 9.91. The Labute approximate surface area is 167 Å². The summed E-state index contributed by atoms with van der Waals surface area (Å²) in [6, 6.07) is 3.19. The van der Waals surface area contributed by atoms with Crippen LogP contribution >= 0.6 is 46.4 Å². The van der Waals surface area contributed by atoms with Gasteiger partial charge in [0.25, 0.3) is 0 Å². The Kier molecular flexibility index (Phi) is 16.1. The topological polar surface area (TPSA) is 83.8 Å². The lowest BCUT2D eigenvalue weighted by Crippen LogP contribution is -1.99. The third-order valence-corrected chi connectivity index (χ3v) is 3.94. The molecule has 0 unspecified atom stereocenters. The van der Waals surface area contributed by atoms with Gasteiger partial charge in [0.1, 0.15) is 0 Å². The van der Waals surface area contributed by atoms with Crippen molar-refractivity contribution in [3.63, 3.8) is 0 Å². The average molecular weight is 434 g/mol. The Balaban J connectivity index is 0. The van der Waals surface area contributed by atoms with Crippen molar-refractivity contribution in [2.45, 2.75) is 26.7 Å². The highest BCUT2D eigenvalue weighted by Crippen LogP contribution is 2.34. The molecule has 1 aromatic rings. The highest BCUT2D eigenvalue weighted by atomic mass is 35.5. The first-order valence-corrected chi connectivity index (χ1v) is 8.53. The summed E-state index contributed by atoms with van der Waals surface area (Å²) >= 11 is 22.5. The highest BCUT2D eigenvalue weighted by Gasteiger charge is 2.05. The van der Waals surface area contributed by atoms with E-state index >= 15 is 0 Å². The fourth-order valence-electron chi connectivity index (χ4n) is 0.972. The molecule has 0 amide bonds. The maximum atomic E-state index is 9.91. The van der Waals surface area contributed by atoms with Gasteiger partial charge >= 0.3 is 11.9 Å². The Morgan fingerprint density at radius 3 is 1.76 bits per heavy atom. The maximum Gasteiger partial charge on any atom is 0.330 e. The number of carboxylic acids is 2. The van der Waals surface area contributed by atoms with Crippen LogP contribution in [0.25, 0.3) is 0 Å². The van der Waals surface area contributed by atoms with Crippen LogP contribution in [0.3, 0.4) is 0 Å². The first-order valence-electron chi connectivity index (χ1n) is 7.01. The van der Waals surface area contributed by atoms with Crippen molar-refractivity contribution >= 4 is 58.3 Å². The summed E-state index contributed by atoms with van der Waals surface area (Å²) in [5.41, 5.74) is 0.176. The molecular formula is C16H20Cl4O5. The zero-order valence-electron chi connectivity index (χ0n) is 13.8. The monoisotopic (exact) mass is 432 g/mol. The van der Waals surface area contributed by atoms with Crippen LogP contribution in [0.15, 0.2) is 24.3 Å². The summed E-state index contributed by atoms with van der Waals surface area (Å²) in [6.07, 6.45) is 0.823. The second-order valence-corrected chi connectivity index (χ2v) is 6.01. The smallest absolute Gasteiger partial charge is 0.330 e. The van der Waals surface area contributed by atoms with Gasteiger partial charge in [0, 0.05) is 25.2 Å². The van der Waals surface area contributed by atoms with E-state index in [1.807, 2.05) is 6.92 Å². The normalized spacial score (nSPS) is 9.20. The van der Waals surface area contributed by atoms with Crippen LogP contribution in [0.1, 0.15) is 26.7 Å². The van der Waals surface area contributed by atoms with Gasteiger partial charge in [-0.2, -0.15) is 0 Å². The van der Waals surface area contributed by atoms with E-state index in [4.69, 9.17) is 61.4 Å². The third-order valence-electron chi connectivity index (χ3n) is 2.24. The van der Waals surface area contributed by atoms with Crippen LogP contribution < -0.4 is 0 Å². The van der Waals surface area contributed by atoms with Crippen molar-refractivity contribution in [3.8, 4) is 0 Å². The molecule has 5 nitrogen and oxygen atoms in total. The Bertz CT molecular complexity index is 537. The molecule has 0 atom stereocenters. The van der Waals surface area contributed by atoms with E-state index in [0.717, 1.165) is 0 Å². The molecular weight excluding hydrogens is 414 g/mol. The van der Waals surface area contributed by atoms with Gasteiger partial charge in [-0.3, -0.25) is 4.79 Å². The first-order chi connectivity index (χ1) is 11.5. The van der Waals surface area contributed by atoms with Crippen molar-refractivity contribution in [2.24, 2.45) is 0 Å². The molecule has 0 bridgehead atoms. The van der Waals surface area contributed by atoms with E-state index in [1.165, 1.54) is 6.92 Å². The van der Waals surface area contributed by atoms with Gasteiger partial charge < -0.3 is 14.9 Å². The summed E-state index contributed by atoms with van der Waals surface area (Å²) in [5.74, 6) is -1.69. The molecule has 142 valence electrons. The molecule has 9 heteroatoms. The molecule has 0 spiro atoms. The minimum atomic E-state index is -0.935. The predicted octanol–water partition coefficient (Wildman–Crippen LogP) is 5.84. The van der Waals surface area contributed by atoms with Gasteiger partial charge in [-0.05, 0) is 32.4 Å². The lowest BCUT2D eigenvalue weighted by atomic mass is 10.3. The van der Waals surface area contributed by atoms with Crippen molar-refractivity contribution in [2.75, 3.05) is 13.2 Å². The lowest BCUT2D eigenvalue weighted by molar-refractivity contribution is -0.137. The molecule has 0 heterocycles. The molecule has 0 aliphatic heterocycles. The highest BCUT2D eigenvalue weighted by molar-refractivity contribution is 6.51. The minimum Gasteiger partial charge on any atom is -0.481 e. The van der Waals surface area contributed by atoms with E-state index in [0.29, 0.717) is 39.7 Å². The molecule has 1 aromatic carbocycles. The Morgan fingerprint density at radius 1 is 1.08 bits per heavy atom. The van der Waals surface area contributed by atoms with Gasteiger partial charge in [-0.1, -0.05) is 53.0 Å². The molecule has 0 aliphatic carbocycles. The lowest BCUT2D eigenvalue weighted by Gasteiger charge is -1.98. The summed E-state index contributed by atoms with van der Waals surface area (Å²) in [4.78, 5) is 19.5. The van der Waals surface area contributed by atoms with E-state index in [9.17, 15) is 9.59 Å². The summed E-state index contributed by atoms with van der Waals surface area (Å²) < 4.78 is 4.92. The molecule has 0 radical (unpaired) electrons. The van der Waals surface area contributed by atoms with Gasteiger partial charge in [-0.25, -0.2) is 4.79 Å². The second kappa shape index (κ2) is 15.3. The molecule has 25 heavy (non-hydrogen) atoms. The fourth-order valence-corrected chi connectivity index (χ4v) is 1.71. The number of hydrogen-bond acceptors (Lipinski definition) is 3. The average Bonchev–Trinajstić information content (AvgIpc) is 2.54. The standard InChI is InChI=1S/C6H2Cl4.C6H12O3.C4H6O2/c7-3-1-2-4(8)6(10)5(3)9;1-2-9-5-3-4-6(7)8;1-3(2)4(5)6/h1-2H;2-5H2,1H3,(H,7,8);1H2,2H3,(H,5,6). The molecule has 0 fully saturated rings. The Morgan fingerprint density at radius 2 is 1.48 bits per heavy atom. The number of rotatable bonds is 6. The first kappa shape index (κ1) is 26.3. The van der Waals surface area contributed by atoms with Crippen LogP contribution in [0.2, 0.25) is 20.1 Å². The van der Waals surface area contributed by atoms with Crippen molar-refractivity contribution in [1.29, 1.82) is 0 Å². The van der Waals surface area contributed by atoms with Crippen molar-refractivity contribution in [3.05, 3.63) is 44.4 Å². The van der Waals surface area contributed by atoms with Gasteiger partial charge in [0.05, 0.1) is 20.1 Å². The van der Waals surface area contributed by atoms with Crippen LogP contribution in [0.5, 0.6) is 0 Å². The second-order valence-electron chi connectivity index (χ2n) is 4.44. The number of ether oxygens (including phenoxy) is 1. The Hall–Kier alpha value is -0.980. The minimum absolute atomic E-state index is 0.176. The number of aliphatic carboxylic acids is 2. The number of halogens is 4. The third kappa shape index (κ3) is 15.0. The zero-order valence-corrected chi connectivity index (χ0v) is 16.8. The summed E-state index contributed by atoms with van der Waals surface area (Å²) in [5, 5.41) is 17.5. The van der Waals surface area contributed by atoms with E-state index in [-0.39, 0.29) is 12.0 Å². The fraction of sp³-hybridized carbons (Fsp3) is 0.375. The van der Waals surface area contributed by atoms with E-state index in [2.05, 4.69) is 6.58 Å². The van der Waals surface area contributed by atoms with Crippen LogP contribution in [-0.4, -0.2) is 35.4 Å². The van der Waals surface area contributed by atoms with E-state index in [1.54, 1.807) is 12.1 Å². The molecule has 0 aliphatic rings. The van der Waals surface area contributed by atoms with Crippen molar-refractivity contribution in [1.82, 2.24) is 0 Å². The van der Waals surface area contributed by atoms with Crippen LogP contribution in [-0.2, 0) is 14.3 Å². The quantitative estimate of drug-likeness (QED) is 0.255. The predicted molar refractivity (Wildman–Crippen MR) is 102 cm³/mol. The molecule has 2 N–H and O–H groups in total. The zero-order chi connectivity index (χ0) is 20.0. The number of benzene rings is 1. The van der Waals surface area contributed by atoms with Gasteiger partial charge in [0.2, 0.25) is 0 Å². The number of carboxylic acid groups (broad SMARTS) is 2. The molecule has 0 saturated carbocycles. The molecule has 0 saturated heterocycles. The molecule has 0 aromatic heterocycles. The molecule has 1 rings (SSSR count). The van der Waals surface area contributed by atoms with Gasteiger partial charge in [-0.15, -0.1) is 0 Å². The summed E-state index contributed by atoms with van der Waals surface area (Å²) in [7, 11) is 0.